The predicted molar refractivity (Wildman–Crippen MR) is 138 cm³/mol. The van der Waals surface area contributed by atoms with Crippen molar-refractivity contribution >= 4 is 23.4 Å². The van der Waals surface area contributed by atoms with Crippen LogP contribution in [-0.4, -0.2) is 24.3 Å². The van der Waals surface area contributed by atoms with E-state index in [4.69, 9.17) is 9.47 Å². The molecule has 2 aromatic carbocycles. The molecule has 1 aliphatic heterocycles. The van der Waals surface area contributed by atoms with Crippen molar-refractivity contribution in [3.05, 3.63) is 109 Å². The standard InChI is InChI=1S/C28H28N2O4S/c1-6-15-34-27(32)24-18(4)29-28-30(25(24)21-11-13-22(33-5)14-12-21)26(31)23(35-28)16-19-7-9-20(10-8-19)17(2)3/h6-14,16-17,25H,1,15H2,2-5H3/b23-16+. The van der Waals surface area contributed by atoms with E-state index in [0.29, 0.717) is 32.3 Å². The van der Waals surface area contributed by atoms with Crippen LogP contribution in [0.25, 0.3) is 6.08 Å². The molecule has 3 aromatic rings. The highest BCUT2D eigenvalue weighted by Gasteiger charge is 2.33. The van der Waals surface area contributed by atoms with Crippen LogP contribution in [0.2, 0.25) is 0 Å². The van der Waals surface area contributed by atoms with Gasteiger partial charge >= 0.3 is 5.97 Å². The van der Waals surface area contributed by atoms with Crippen molar-refractivity contribution < 1.29 is 14.3 Å². The number of ether oxygens (including phenoxy) is 2. The Kier molecular flexibility index (Phi) is 7.17. The first kappa shape index (κ1) is 24.4. The summed E-state index contributed by atoms with van der Waals surface area (Å²) in [5.41, 5.74) is 3.58. The summed E-state index contributed by atoms with van der Waals surface area (Å²) in [6, 6.07) is 14.8. The summed E-state index contributed by atoms with van der Waals surface area (Å²) in [5, 5.41) is 0. The summed E-state index contributed by atoms with van der Waals surface area (Å²) in [6.45, 7) is 9.74. The molecule has 180 valence electrons. The number of hydrogen-bond acceptors (Lipinski definition) is 6. The average molecular weight is 489 g/mol. The molecule has 2 heterocycles. The molecule has 35 heavy (non-hydrogen) atoms. The van der Waals surface area contributed by atoms with Gasteiger partial charge < -0.3 is 9.47 Å². The molecule has 0 aliphatic carbocycles. The highest BCUT2D eigenvalue weighted by Crippen LogP contribution is 2.31. The van der Waals surface area contributed by atoms with Crippen molar-refractivity contribution in [1.29, 1.82) is 0 Å². The van der Waals surface area contributed by atoms with Gasteiger partial charge in [-0.15, -0.1) is 0 Å². The summed E-state index contributed by atoms with van der Waals surface area (Å²) < 4.78 is 12.8. The summed E-state index contributed by atoms with van der Waals surface area (Å²) in [6.07, 6.45) is 3.38. The van der Waals surface area contributed by atoms with Crippen molar-refractivity contribution in [1.82, 2.24) is 4.57 Å². The molecule has 0 saturated heterocycles. The maximum atomic E-state index is 13.7. The van der Waals surface area contributed by atoms with Crippen molar-refractivity contribution in [2.45, 2.75) is 32.7 Å². The van der Waals surface area contributed by atoms with E-state index in [2.05, 4.69) is 37.6 Å². The third kappa shape index (κ3) is 4.91. The normalized spacial score (nSPS) is 15.6. The third-order valence-electron chi connectivity index (χ3n) is 5.91. The number of esters is 1. The lowest BCUT2D eigenvalue weighted by Gasteiger charge is -2.24. The van der Waals surface area contributed by atoms with Crippen LogP contribution < -0.4 is 19.6 Å². The summed E-state index contributed by atoms with van der Waals surface area (Å²) in [5.74, 6) is 0.592. The minimum atomic E-state index is -0.667. The Morgan fingerprint density at radius 2 is 1.86 bits per heavy atom. The number of carbonyl (C=O) groups is 1. The molecular formula is C28H28N2O4S. The second kappa shape index (κ2) is 10.3. The zero-order valence-electron chi connectivity index (χ0n) is 20.3. The lowest BCUT2D eigenvalue weighted by Crippen LogP contribution is -2.39. The number of allylic oxidation sites excluding steroid dienone is 1. The van der Waals surface area contributed by atoms with Gasteiger partial charge in [0.25, 0.3) is 5.56 Å². The Balaban J connectivity index is 1.88. The van der Waals surface area contributed by atoms with E-state index in [1.54, 1.807) is 18.6 Å². The van der Waals surface area contributed by atoms with Crippen LogP contribution in [-0.2, 0) is 9.53 Å². The van der Waals surface area contributed by atoms with Crippen LogP contribution >= 0.6 is 11.3 Å². The minimum absolute atomic E-state index is 0.0712. The van der Waals surface area contributed by atoms with Gasteiger partial charge in [0.15, 0.2) is 4.80 Å². The molecule has 7 heteroatoms. The zero-order chi connectivity index (χ0) is 25.1. The number of hydrogen-bond donors (Lipinski definition) is 0. The average Bonchev–Trinajstić information content (AvgIpc) is 3.16. The summed E-state index contributed by atoms with van der Waals surface area (Å²) in [4.78, 5) is 31.9. The summed E-state index contributed by atoms with van der Waals surface area (Å²) >= 11 is 1.31. The predicted octanol–water partition coefficient (Wildman–Crippen LogP) is 4.10. The number of thiazole rings is 1. The molecule has 1 aliphatic rings. The van der Waals surface area contributed by atoms with E-state index in [9.17, 15) is 9.59 Å². The van der Waals surface area contributed by atoms with Gasteiger partial charge in [0.1, 0.15) is 12.4 Å². The number of nitrogens with zero attached hydrogens (tertiary/aromatic N) is 2. The molecule has 0 N–H and O–H groups in total. The van der Waals surface area contributed by atoms with E-state index >= 15 is 0 Å². The fraction of sp³-hybridized carbons (Fsp3) is 0.250. The molecule has 0 amide bonds. The van der Waals surface area contributed by atoms with Crippen LogP contribution in [0.15, 0.2) is 82.2 Å². The first-order valence-corrected chi connectivity index (χ1v) is 12.2. The Morgan fingerprint density at radius 1 is 1.17 bits per heavy atom. The van der Waals surface area contributed by atoms with Crippen molar-refractivity contribution in [2.24, 2.45) is 4.99 Å². The molecule has 0 spiro atoms. The van der Waals surface area contributed by atoms with Crippen molar-refractivity contribution in [2.75, 3.05) is 13.7 Å². The third-order valence-corrected chi connectivity index (χ3v) is 6.89. The van der Waals surface area contributed by atoms with Crippen LogP contribution in [0.3, 0.4) is 0 Å². The Labute approximate surface area is 208 Å². The van der Waals surface area contributed by atoms with Gasteiger partial charge in [-0.3, -0.25) is 9.36 Å². The molecule has 0 bridgehead atoms. The van der Waals surface area contributed by atoms with Crippen LogP contribution in [0.1, 0.15) is 49.4 Å². The molecule has 4 rings (SSSR count). The Hall–Kier alpha value is -3.71. The highest BCUT2D eigenvalue weighted by molar-refractivity contribution is 7.07. The van der Waals surface area contributed by atoms with Gasteiger partial charge in [0, 0.05) is 0 Å². The Bertz CT molecular complexity index is 1460. The minimum Gasteiger partial charge on any atom is -0.497 e. The molecule has 0 radical (unpaired) electrons. The van der Waals surface area contributed by atoms with Crippen LogP contribution in [0.5, 0.6) is 5.75 Å². The topological polar surface area (TPSA) is 69.9 Å². The molecule has 0 saturated carbocycles. The first-order valence-electron chi connectivity index (χ1n) is 11.4. The molecule has 0 fully saturated rings. The Morgan fingerprint density at radius 3 is 2.46 bits per heavy atom. The van der Waals surface area contributed by atoms with Gasteiger partial charge in [-0.2, -0.15) is 0 Å². The number of aromatic nitrogens is 1. The number of fused-ring (bicyclic) bond motifs is 1. The van der Waals surface area contributed by atoms with Gasteiger partial charge in [0.2, 0.25) is 0 Å². The lowest BCUT2D eigenvalue weighted by atomic mass is 9.96. The zero-order valence-corrected chi connectivity index (χ0v) is 21.1. The second-order valence-electron chi connectivity index (χ2n) is 8.56. The van der Waals surface area contributed by atoms with E-state index in [-0.39, 0.29) is 12.2 Å². The van der Waals surface area contributed by atoms with Crippen molar-refractivity contribution in [3.8, 4) is 5.75 Å². The van der Waals surface area contributed by atoms with Crippen molar-refractivity contribution in [3.63, 3.8) is 0 Å². The van der Waals surface area contributed by atoms with Gasteiger partial charge in [-0.05, 0) is 47.7 Å². The molecular weight excluding hydrogens is 460 g/mol. The lowest BCUT2D eigenvalue weighted by molar-refractivity contribution is -0.138. The maximum absolute atomic E-state index is 13.7. The van der Waals surface area contributed by atoms with E-state index < -0.39 is 12.0 Å². The monoisotopic (exact) mass is 488 g/mol. The van der Waals surface area contributed by atoms with Gasteiger partial charge in [0.05, 0.1) is 29.0 Å². The van der Waals surface area contributed by atoms with E-state index in [1.807, 2.05) is 42.5 Å². The smallest absolute Gasteiger partial charge is 0.338 e. The van der Waals surface area contributed by atoms with E-state index in [0.717, 1.165) is 11.1 Å². The number of benzene rings is 2. The quantitative estimate of drug-likeness (QED) is 0.371. The van der Waals surface area contributed by atoms with Crippen LogP contribution in [0, 0.1) is 0 Å². The number of methoxy groups -OCH3 is 1. The summed E-state index contributed by atoms with van der Waals surface area (Å²) in [7, 11) is 1.59. The second-order valence-corrected chi connectivity index (χ2v) is 9.57. The fourth-order valence-electron chi connectivity index (χ4n) is 4.03. The first-order chi connectivity index (χ1) is 16.8. The molecule has 1 atom stereocenters. The number of rotatable bonds is 7. The maximum Gasteiger partial charge on any atom is 0.338 e. The SMILES string of the molecule is C=CCOC(=O)C1=C(C)N=c2s/c(=C/c3ccc(C(C)C)cc3)c(=O)n2C1c1ccc(OC)cc1. The highest BCUT2D eigenvalue weighted by atomic mass is 32.1. The largest absolute Gasteiger partial charge is 0.497 e. The van der Waals surface area contributed by atoms with Crippen LogP contribution in [0.4, 0.5) is 0 Å². The fourth-order valence-corrected chi connectivity index (χ4v) is 5.07. The van der Waals surface area contributed by atoms with Gasteiger partial charge in [-0.1, -0.05) is 74.2 Å². The number of carbonyl (C=O) groups excluding carboxylic acids is 1. The molecule has 6 nitrogen and oxygen atoms in total. The van der Waals surface area contributed by atoms with E-state index in [1.165, 1.54) is 23.0 Å². The molecule has 1 aromatic heterocycles. The van der Waals surface area contributed by atoms with Gasteiger partial charge in [-0.25, -0.2) is 9.79 Å². The molecule has 1 unspecified atom stereocenters.